The first kappa shape index (κ1) is 17.9. The molecule has 1 N–H and O–H groups in total. The lowest BCUT2D eigenvalue weighted by Crippen LogP contribution is -2.29. The minimum Gasteiger partial charge on any atom is -0.313 e. The number of unbranched alkanes of at least 4 members (excludes halogenated alkanes) is 2. The van der Waals surface area contributed by atoms with Crippen molar-refractivity contribution in [2.75, 3.05) is 5.75 Å². The summed E-state index contributed by atoms with van der Waals surface area (Å²) in [6.07, 6.45) is 5.03. The summed E-state index contributed by atoms with van der Waals surface area (Å²) in [5, 5.41) is 1.45. The molecule has 0 aliphatic carbocycles. The Hall–Kier alpha value is -1.47. The smallest absolute Gasteiger partial charge is 0.313 e. The Morgan fingerprint density at radius 3 is 2.78 bits per heavy atom. The van der Waals surface area contributed by atoms with Crippen molar-refractivity contribution in [3.8, 4) is 0 Å². The van der Waals surface area contributed by atoms with E-state index in [0.29, 0.717) is 23.5 Å². The highest BCUT2D eigenvalue weighted by atomic mass is 35.5. The molecular weight excluding hydrogens is 336 g/mol. The first-order valence-electron chi connectivity index (χ1n) is 7.60. The fourth-order valence-corrected chi connectivity index (χ4v) is 3.42. The van der Waals surface area contributed by atoms with Crippen LogP contribution < -0.4 is 11.2 Å². The molecule has 0 unspecified atom stereocenters. The predicted octanol–water partition coefficient (Wildman–Crippen LogP) is 2.85. The summed E-state index contributed by atoms with van der Waals surface area (Å²) in [5.74, 6) is 0.665. The third-order valence-corrected chi connectivity index (χ3v) is 4.59. The van der Waals surface area contributed by atoms with Crippen LogP contribution in [0.1, 0.15) is 33.1 Å². The number of aromatic amines is 1. The van der Waals surface area contributed by atoms with Gasteiger partial charge in [0.1, 0.15) is 0 Å². The molecule has 0 atom stereocenters. The zero-order valence-electron chi connectivity index (χ0n) is 13.6. The lowest BCUT2D eigenvalue weighted by atomic mass is 10.2. The van der Waals surface area contributed by atoms with E-state index in [1.807, 2.05) is 17.6 Å². The third kappa shape index (κ3) is 4.09. The number of imidazole rings is 1. The van der Waals surface area contributed by atoms with E-state index >= 15 is 0 Å². The van der Waals surface area contributed by atoms with Gasteiger partial charge in [0.2, 0.25) is 0 Å². The number of hydrogen-bond acceptors (Lipinski definition) is 4. The molecule has 0 saturated heterocycles. The minimum atomic E-state index is -0.450. The first-order valence-corrected chi connectivity index (χ1v) is 8.96. The SMILES string of the molecule is CCCCCn1c(SCC=C(C)Cl)nc2c1c(=O)[nH]c(=O)n2C. The van der Waals surface area contributed by atoms with Crippen LogP contribution in [0.3, 0.4) is 0 Å². The van der Waals surface area contributed by atoms with Crippen LogP contribution in [0.5, 0.6) is 0 Å². The van der Waals surface area contributed by atoms with Crippen LogP contribution in [-0.4, -0.2) is 24.9 Å². The van der Waals surface area contributed by atoms with E-state index in [1.165, 1.54) is 16.3 Å². The van der Waals surface area contributed by atoms with Gasteiger partial charge in [0.05, 0.1) is 0 Å². The zero-order valence-corrected chi connectivity index (χ0v) is 15.1. The first-order chi connectivity index (χ1) is 11.0. The predicted molar refractivity (Wildman–Crippen MR) is 95.5 cm³/mol. The number of aryl methyl sites for hydroxylation is 2. The fourth-order valence-electron chi connectivity index (χ4n) is 2.28. The second kappa shape index (κ2) is 7.88. The van der Waals surface area contributed by atoms with E-state index < -0.39 is 5.69 Å². The fraction of sp³-hybridized carbons (Fsp3) is 0.533. The lowest BCUT2D eigenvalue weighted by molar-refractivity contribution is 0.578. The van der Waals surface area contributed by atoms with Crippen molar-refractivity contribution in [1.29, 1.82) is 0 Å². The largest absolute Gasteiger partial charge is 0.329 e. The molecule has 126 valence electrons. The van der Waals surface area contributed by atoms with Gasteiger partial charge in [-0.2, -0.15) is 0 Å². The molecular formula is C15H21ClN4O2S. The third-order valence-electron chi connectivity index (χ3n) is 3.53. The number of rotatable bonds is 7. The van der Waals surface area contributed by atoms with Gasteiger partial charge in [0.25, 0.3) is 5.56 Å². The van der Waals surface area contributed by atoms with Gasteiger partial charge in [-0.15, -0.1) is 0 Å². The molecule has 0 spiro atoms. The molecule has 8 heteroatoms. The van der Waals surface area contributed by atoms with Gasteiger partial charge in [-0.25, -0.2) is 9.78 Å². The van der Waals surface area contributed by atoms with Crippen LogP contribution in [0.4, 0.5) is 0 Å². The molecule has 2 aromatic heterocycles. The van der Waals surface area contributed by atoms with E-state index in [4.69, 9.17) is 11.6 Å². The molecule has 2 heterocycles. The number of allylic oxidation sites excluding steroid dienone is 1. The van der Waals surface area contributed by atoms with E-state index in [2.05, 4.69) is 16.9 Å². The Kier molecular flexibility index (Phi) is 6.12. The molecule has 23 heavy (non-hydrogen) atoms. The number of aromatic nitrogens is 4. The van der Waals surface area contributed by atoms with Crippen LogP contribution in [0.15, 0.2) is 25.9 Å². The maximum atomic E-state index is 12.2. The van der Waals surface area contributed by atoms with Gasteiger partial charge >= 0.3 is 5.69 Å². The summed E-state index contributed by atoms with van der Waals surface area (Å²) in [6, 6.07) is 0. The second-order valence-electron chi connectivity index (χ2n) is 5.35. The molecule has 0 aliphatic heterocycles. The van der Waals surface area contributed by atoms with Gasteiger partial charge in [-0.1, -0.05) is 49.2 Å². The summed E-state index contributed by atoms with van der Waals surface area (Å²) in [5.41, 5.74) is 0.0402. The van der Waals surface area contributed by atoms with E-state index in [0.717, 1.165) is 29.5 Å². The Balaban J connectivity index is 2.50. The molecule has 0 amide bonds. The van der Waals surface area contributed by atoms with Crippen molar-refractivity contribution >= 4 is 34.5 Å². The number of halogens is 1. The topological polar surface area (TPSA) is 72.7 Å². The van der Waals surface area contributed by atoms with Crippen molar-refractivity contribution in [2.45, 2.75) is 44.8 Å². The average molecular weight is 357 g/mol. The Labute approximate surface area is 143 Å². The van der Waals surface area contributed by atoms with Crippen LogP contribution in [0.2, 0.25) is 0 Å². The van der Waals surface area contributed by atoms with Crippen LogP contribution in [-0.2, 0) is 13.6 Å². The number of hydrogen-bond donors (Lipinski definition) is 1. The number of nitrogens with zero attached hydrogens (tertiary/aromatic N) is 3. The van der Waals surface area contributed by atoms with E-state index in [-0.39, 0.29) is 5.56 Å². The number of thioether (sulfide) groups is 1. The zero-order chi connectivity index (χ0) is 17.0. The molecule has 2 aromatic rings. The molecule has 0 bridgehead atoms. The monoisotopic (exact) mass is 356 g/mol. The molecule has 0 saturated carbocycles. The number of nitrogens with one attached hydrogen (secondary N) is 1. The van der Waals surface area contributed by atoms with Gasteiger partial charge in [-0.05, 0) is 13.3 Å². The highest BCUT2D eigenvalue weighted by Gasteiger charge is 2.17. The molecule has 0 fully saturated rings. The minimum absolute atomic E-state index is 0.386. The highest BCUT2D eigenvalue weighted by Crippen LogP contribution is 2.23. The standard InChI is InChI=1S/C15H21ClN4O2S/c1-4-5-6-8-20-11-12(19(3)14(22)18-13(11)21)17-15(20)23-9-7-10(2)16/h7H,4-6,8-9H2,1-3H3,(H,18,21,22). The average Bonchev–Trinajstić information content (AvgIpc) is 2.84. The van der Waals surface area contributed by atoms with Crippen molar-refractivity contribution in [3.63, 3.8) is 0 Å². The van der Waals surface area contributed by atoms with Crippen LogP contribution >= 0.6 is 23.4 Å². The Morgan fingerprint density at radius 1 is 1.39 bits per heavy atom. The second-order valence-corrected chi connectivity index (χ2v) is 6.93. The van der Waals surface area contributed by atoms with Crippen molar-refractivity contribution in [2.24, 2.45) is 7.05 Å². The Bertz CT molecular complexity index is 830. The van der Waals surface area contributed by atoms with Crippen LogP contribution in [0.25, 0.3) is 11.2 Å². The van der Waals surface area contributed by atoms with Gasteiger partial charge in [0.15, 0.2) is 16.3 Å². The molecule has 2 rings (SSSR count). The maximum Gasteiger partial charge on any atom is 0.329 e. The molecule has 6 nitrogen and oxygen atoms in total. The lowest BCUT2D eigenvalue weighted by Gasteiger charge is -2.07. The summed E-state index contributed by atoms with van der Waals surface area (Å²) in [4.78, 5) is 30.8. The Morgan fingerprint density at radius 2 is 2.13 bits per heavy atom. The molecule has 0 aromatic carbocycles. The number of H-pyrrole nitrogens is 1. The van der Waals surface area contributed by atoms with E-state index in [1.54, 1.807) is 7.05 Å². The van der Waals surface area contributed by atoms with E-state index in [9.17, 15) is 9.59 Å². The summed E-state index contributed by atoms with van der Waals surface area (Å²) in [7, 11) is 1.61. The van der Waals surface area contributed by atoms with Crippen molar-refractivity contribution in [1.82, 2.24) is 19.1 Å². The number of fused-ring (bicyclic) bond motifs is 1. The quantitative estimate of drug-likeness (QED) is 0.611. The van der Waals surface area contributed by atoms with Gasteiger partial charge in [-0.3, -0.25) is 14.3 Å². The van der Waals surface area contributed by atoms with Crippen molar-refractivity contribution < 1.29 is 0 Å². The molecule has 0 aliphatic rings. The maximum absolute atomic E-state index is 12.2. The summed E-state index contributed by atoms with van der Waals surface area (Å²) >= 11 is 7.36. The van der Waals surface area contributed by atoms with Crippen molar-refractivity contribution in [3.05, 3.63) is 31.9 Å². The summed E-state index contributed by atoms with van der Waals surface area (Å²) in [6.45, 7) is 4.66. The normalized spacial score (nSPS) is 12.3. The summed E-state index contributed by atoms with van der Waals surface area (Å²) < 4.78 is 3.28. The highest BCUT2D eigenvalue weighted by molar-refractivity contribution is 7.99. The van der Waals surface area contributed by atoms with Gasteiger partial charge < -0.3 is 4.57 Å². The molecule has 0 radical (unpaired) electrons. The van der Waals surface area contributed by atoms with Crippen LogP contribution in [0, 0.1) is 0 Å². The van der Waals surface area contributed by atoms with Gasteiger partial charge in [0, 0.05) is 24.4 Å².